The number of aromatic nitrogens is 5. The molecule has 0 saturated carbocycles. The van der Waals surface area contributed by atoms with Gasteiger partial charge in [-0.1, -0.05) is 43.0 Å². The molecular formula is C28H27N7O3. The van der Waals surface area contributed by atoms with Crippen molar-refractivity contribution in [2.75, 3.05) is 5.73 Å². The van der Waals surface area contributed by atoms with Gasteiger partial charge in [0.25, 0.3) is 11.5 Å². The average molecular weight is 510 g/mol. The molecule has 0 aliphatic heterocycles. The van der Waals surface area contributed by atoms with Crippen LogP contribution in [0.4, 0.5) is 5.82 Å². The van der Waals surface area contributed by atoms with Gasteiger partial charge in [-0.25, -0.2) is 14.5 Å². The number of nitrogen functional groups attached to an aromatic ring is 1. The van der Waals surface area contributed by atoms with Gasteiger partial charge >= 0.3 is 0 Å². The van der Waals surface area contributed by atoms with Crippen LogP contribution in [0.5, 0.6) is 0 Å². The Morgan fingerprint density at radius 3 is 2.50 bits per heavy atom. The molecule has 0 radical (unpaired) electrons. The number of rotatable bonds is 3. The van der Waals surface area contributed by atoms with Gasteiger partial charge in [-0.15, -0.1) is 5.10 Å². The second kappa shape index (κ2) is 10.5. The summed E-state index contributed by atoms with van der Waals surface area (Å²) >= 11 is 0. The number of hydrogen-bond acceptors (Lipinski definition) is 7. The van der Waals surface area contributed by atoms with E-state index in [1.54, 1.807) is 42.9 Å². The molecule has 2 aromatic carbocycles. The predicted molar refractivity (Wildman–Crippen MR) is 146 cm³/mol. The van der Waals surface area contributed by atoms with Gasteiger partial charge < -0.3 is 16.6 Å². The molecule has 0 unspecified atom stereocenters. The van der Waals surface area contributed by atoms with Gasteiger partial charge in [0.15, 0.2) is 11.5 Å². The maximum Gasteiger partial charge on any atom is 0.267 e. The van der Waals surface area contributed by atoms with Crippen molar-refractivity contribution in [1.29, 1.82) is 0 Å². The average Bonchev–Trinajstić information content (AvgIpc) is 3.23. The highest BCUT2D eigenvalue weighted by Crippen LogP contribution is 2.17. The summed E-state index contributed by atoms with van der Waals surface area (Å²) in [6.45, 7) is 5.20. The minimum atomic E-state index is -1.13. The van der Waals surface area contributed by atoms with Crippen molar-refractivity contribution < 1.29 is 9.90 Å². The van der Waals surface area contributed by atoms with Crippen LogP contribution in [0.3, 0.4) is 0 Å². The van der Waals surface area contributed by atoms with E-state index in [9.17, 15) is 14.7 Å². The molecule has 0 aliphatic carbocycles. The molecule has 1 amide bonds. The fraction of sp³-hybridized carbons (Fsp3) is 0.179. The molecule has 0 aliphatic rings. The van der Waals surface area contributed by atoms with Gasteiger partial charge in [-0.3, -0.25) is 14.2 Å². The van der Waals surface area contributed by atoms with E-state index < -0.39 is 11.5 Å². The predicted octanol–water partition coefficient (Wildman–Crippen LogP) is 2.48. The summed E-state index contributed by atoms with van der Waals surface area (Å²) in [5.74, 6) is 5.89. The summed E-state index contributed by atoms with van der Waals surface area (Å²) in [5.41, 5.74) is 11.8. The Morgan fingerprint density at radius 2 is 1.84 bits per heavy atom. The van der Waals surface area contributed by atoms with E-state index in [4.69, 9.17) is 11.5 Å². The molecule has 5 aromatic rings. The second-order valence-electron chi connectivity index (χ2n) is 8.88. The normalized spacial score (nSPS) is 10.9. The zero-order valence-electron chi connectivity index (χ0n) is 21.2. The molecule has 10 heteroatoms. The first-order chi connectivity index (χ1) is 18.1. The molecule has 5 N–H and O–H groups in total. The van der Waals surface area contributed by atoms with Crippen LogP contribution >= 0.6 is 0 Å². The third-order valence-electron chi connectivity index (χ3n) is 5.47. The molecule has 0 spiro atoms. The summed E-state index contributed by atoms with van der Waals surface area (Å²) in [5, 5.41) is 14.2. The number of benzene rings is 2. The van der Waals surface area contributed by atoms with E-state index in [1.165, 1.54) is 4.52 Å². The molecular weight excluding hydrogens is 482 g/mol. The van der Waals surface area contributed by atoms with Crippen molar-refractivity contribution in [3.63, 3.8) is 0 Å². The van der Waals surface area contributed by atoms with Crippen LogP contribution in [0.2, 0.25) is 0 Å². The summed E-state index contributed by atoms with van der Waals surface area (Å²) in [7, 11) is 0. The Bertz CT molecular complexity index is 1750. The molecule has 5 rings (SSSR count). The molecule has 38 heavy (non-hydrogen) atoms. The number of nitrogens with zero attached hydrogens (tertiary/aromatic N) is 5. The van der Waals surface area contributed by atoms with Gasteiger partial charge in [-0.2, -0.15) is 0 Å². The van der Waals surface area contributed by atoms with Gasteiger partial charge in [0, 0.05) is 24.4 Å². The van der Waals surface area contributed by atoms with Gasteiger partial charge in [0.2, 0.25) is 0 Å². The first kappa shape index (κ1) is 26.1. The lowest BCUT2D eigenvalue weighted by Gasteiger charge is -2.13. The lowest BCUT2D eigenvalue weighted by Crippen LogP contribution is -2.24. The number of fused-ring (bicyclic) bond motifs is 2. The largest absolute Gasteiger partial charge is 0.381 e. The Hall–Kier alpha value is -5.01. The van der Waals surface area contributed by atoms with Crippen LogP contribution < -0.4 is 17.0 Å². The van der Waals surface area contributed by atoms with Crippen molar-refractivity contribution >= 4 is 28.3 Å². The number of para-hydroxylation sites is 1. The Morgan fingerprint density at radius 1 is 1.11 bits per heavy atom. The third-order valence-corrected chi connectivity index (χ3v) is 5.47. The Kier molecular flexibility index (Phi) is 7.23. The number of aliphatic hydroxyl groups is 1. The molecule has 3 aromatic heterocycles. The molecule has 3 heterocycles. The monoisotopic (exact) mass is 509 g/mol. The Labute approximate surface area is 218 Å². The number of amides is 1. The molecule has 0 bridgehead atoms. The van der Waals surface area contributed by atoms with Crippen LogP contribution in [-0.4, -0.2) is 40.8 Å². The van der Waals surface area contributed by atoms with Crippen LogP contribution in [0.25, 0.3) is 22.2 Å². The fourth-order valence-electron chi connectivity index (χ4n) is 3.82. The maximum atomic E-state index is 13.2. The fourth-order valence-corrected chi connectivity index (χ4v) is 3.82. The van der Waals surface area contributed by atoms with E-state index in [0.717, 1.165) is 5.69 Å². The van der Waals surface area contributed by atoms with Crippen LogP contribution in [-0.2, 0) is 6.42 Å². The van der Waals surface area contributed by atoms with Gasteiger partial charge in [0.05, 0.1) is 16.6 Å². The zero-order valence-corrected chi connectivity index (χ0v) is 21.2. The zero-order chi connectivity index (χ0) is 27.4. The number of hydrogen-bond donors (Lipinski definition) is 3. The lowest BCUT2D eigenvalue weighted by atomic mass is 10.1. The van der Waals surface area contributed by atoms with Crippen LogP contribution in [0, 0.1) is 11.8 Å². The summed E-state index contributed by atoms with van der Waals surface area (Å²) in [6, 6.07) is 16.6. The molecule has 0 atom stereocenters. The molecule has 0 saturated heterocycles. The number of nitrogens with two attached hydrogens (primary N) is 2. The van der Waals surface area contributed by atoms with Crippen LogP contribution in [0.15, 0.2) is 71.8 Å². The van der Waals surface area contributed by atoms with E-state index in [-0.39, 0.29) is 16.9 Å². The smallest absolute Gasteiger partial charge is 0.267 e. The van der Waals surface area contributed by atoms with Gasteiger partial charge in [0.1, 0.15) is 17.0 Å². The minimum absolute atomic E-state index is 0.103. The lowest BCUT2D eigenvalue weighted by molar-refractivity contribution is 0.100. The van der Waals surface area contributed by atoms with Crippen molar-refractivity contribution in [1.82, 2.24) is 24.1 Å². The van der Waals surface area contributed by atoms with Crippen LogP contribution in [0.1, 0.15) is 42.5 Å². The quantitative estimate of drug-likeness (QED) is 0.316. The summed E-state index contributed by atoms with van der Waals surface area (Å²) < 4.78 is 3.05. The maximum absolute atomic E-state index is 13.2. The van der Waals surface area contributed by atoms with E-state index in [2.05, 4.69) is 26.9 Å². The molecule has 0 fully saturated rings. The second-order valence-corrected chi connectivity index (χ2v) is 8.88. The first-order valence-electron chi connectivity index (χ1n) is 11.8. The SMILES string of the molecule is CCc1nc2cccc(C#CC(C)(C)O)c2c(=O)n1-c1ccccc1.NC(=O)c1c(N)nn2cccnc12. The number of carbonyl (C=O) groups excluding carboxylic acids is 1. The molecule has 192 valence electrons. The first-order valence-corrected chi connectivity index (χ1v) is 11.8. The topological polar surface area (TPSA) is 154 Å². The summed E-state index contributed by atoms with van der Waals surface area (Å²) in [6.07, 6.45) is 3.83. The minimum Gasteiger partial charge on any atom is -0.381 e. The standard InChI is InChI=1S/C21H20N2O2.C7H7N5O/c1-4-18-22-17-12-8-9-15(13-14-21(2,3)25)19(17)20(24)23(18)16-10-6-5-7-11-16;8-5-4(6(9)13)7-10-2-1-3-12(7)11-5/h5-12,25H,4H2,1-3H3;1-3H,(H2,8,11)(H2,9,13). The molecule has 10 nitrogen and oxygen atoms in total. The Balaban J connectivity index is 0.000000216. The van der Waals surface area contributed by atoms with Crippen molar-refractivity contribution in [2.45, 2.75) is 32.8 Å². The highest BCUT2D eigenvalue weighted by Gasteiger charge is 2.16. The highest BCUT2D eigenvalue weighted by atomic mass is 16.3. The van der Waals surface area contributed by atoms with Gasteiger partial charge in [-0.05, 0) is 44.2 Å². The number of primary amides is 1. The number of carbonyl (C=O) groups is 1. The van der Waals surface area contributed by atoms with E-state index in [0.29, 0.717) is 34.4 Å². The van der Waals surface area contributed by atoms with Crippen molar-refractivity contribution in [2.24, 2.45) is 5.73 Å². The van der Waals surface area contributed by atoms with E-state index >= 15 is 0 Å². The highest BCUT2D eigenvalue weighted by molar-refractivity contribution is 6.03. The summed E-state index contributed by atoms with van der Waals surface area (Å²) in [4.78, 5) is 32.8. The number of anilines is 1. The van der Waals surface area contributed by atoms with E-state index in [1.807, 2.05) is 49.4 Å². The number of aryl methyl sites for hydroxylation is 1. The van der Waals surface area contributed by atoms with Crippen molar-refractivity contribution in [3.05, 3.63) is 94.3 Å². The third kappa shape index (κ3) is 5.38. The van der Waals surface area contributed by atoms with Crippen molar-refractivity contribution in [3.8, 4) is 17.5 Å².